The van der Waals surface area contributed by atoms with E-state index >= 15 is 0 Å². The molecule has 1 aromatic carbocycles. The standard InChI is InChI=1S/C16H19N3O4/c1-17-6-8-18(9-7-17)13-10-14(20)19(15(13)21)12-4-2-11(3-5-12)16(22)23/h2-5,13H,6-10H2,1H3,(H,22,23)/p+1. The van der Waals surface area contributed by atoms with Crippen LogP contribution in [0.1, 0.15) is 16.8 Å². The Kier molecular flexibility index (Phi) is 4.14. The molecule has 0 spiro atoms. The average Bonchev–Trinajstić information content (AvgIpc) is 2.83. The van der Waals surface area contributed by atoms with Crippen molar-refractivity contribution in [1.29, 1.82) is 0 Å². The highest BCUT2D eigenvalue weighted by atomic mass is 16.4. The quantitative estimate of drug-likeness (QED) is 0.558. The number of carboxylic acid groups (broad SMARTS) is 1. The number of carbonyl (C=O) groups is 3. The molecular formula is C16H20N3O4+. The van der Waals surface area contributed by atoms with Crippen molar-refractivity contribution in [3.8, 4) is 0 Å². The molecule has 0 aromatic heterocycles. The van der Waals surface area contributed by atoms with Gasteiger partial charge in [0.05, 0.1) is 25.1 Å². The van der Waals surface area contributed by atoms with E-state index in [4.69, 9.17) is 0 Å². The van der Waals surface area contributed by atoms with Gasteiger partial charge >= 0.3 is 0 Å². The molecule has 0 aliphatic carbocycles. The van der Waals surface area contributed by atoms with E-state index in [1.807, 2.05) is 0 Å². The second kappa shape index (κ2) is 6.10. The summed E-state index contributed by atoms with van der Waals surface area (Å²) in [6.07, 6.45) is 0.218. The van der Waals surface area contributed by atoms with Gasteiger partial charge in [-0.05, 0) is 17.7 Å². The Morgan fingerprint density at radius 1 is 1.13 bits per heavy atom. The van der Waals surface area contributed by atoms with Crippen LogP contribution in [0.15, 0.2) is 24.3 Å². The molecule has 2 aliphatic rings. The lowest BCUT2D eigenvalue weighted by Gasteiger charge is -2.30. The Bertz CT molecular complexity index is 635. The number of carbonyl (C=O) groups excluding carboxylic acids is 3. The summed E-state index contributed by atoms with van der Waals surface area (Å²) in [5.74, 6) is -1.69. The Hall–Kier alpha value is -2.25. The molecule has 2 N–H and O–H groups in total. The zero-order chi connectivity index (χ0) is 16.6. The third-order valence-corrected chi connectivity index (χ3v) is 4.75. The number of quaternary nitrogens is 2. The molecule has 3 rings (SSSR count). The van der Waals surface area contributed by atoms with E-state index in [1.54, 1.807) is 0 Å². The zero-order valence-corrected chi connectivity index (χ0v) is 13.0. The van der Waals surface area contributed by atoms with Crippen LogP contribution in [-0.4, -0.2) is 57.1 Å². The predicted molar refractivity (Wildman–Crippen MR) is 79.0 cm³/mol. The van der Waals surface area contributed by atoms with E-state index in [2.05, 4.69) is 7.05 Å². The van der Waals surface area contributed by atoms with Crippen LogP contribution in [0.4, 0.5) is 5.69 Å². The Morgan fingerprint density at radius 3 is 2.30 bits per heavy atom. The molecule has 2 heterocycles. The number of piperazine rings is 1. The number of hydrogen-bond acceptors (Lipinski definition) is 4. The Balaban J connectivity index is 1.77. The number of likely N-dealkylation sites (N-methyl/N-ethyl adjacent to an activating group) is 1. The highest BCUT2D eigenvalue weighted by molar-refractivity contribution is 6.21. The minimum absolute atomic E-state index is 0.0251. The lowest BCUT2D eigenvalue weighted by Crippen LogP contribution is -3.29. The molecule has 23 heavy (non-hydrogen) atoms. The van der Waals surface area contributed by atoms with Gasteiger partial charge in [0.15, 0.2) is 6.04 Å². The number of benzene rings is 1. The predicted octanol–water partition coefficient (Wildman–Crippen LogP) is -3.90. The number of anilines is 1. The largest absolute Gasteiger partial charge is 0.545 e. The van der Waals surface area contributed by atoms with E-state index in [9.17, 15) is 19.5 Å². The number of nitrogens with zero attached hydrogens (tertiary/aromatic N) is 1. The van der Waals surface area contributed by atoms with Crippen molar-refractivity contribution in [2.75, 3.05) is 38.1 Å². The molecule has 2 fully saturated rings. The van der Waals surface area contributed by atoms with Gasteiger partial charge in [-0.2, -0.15) is 0 Å². The first-order chi connectivity index (χ1) is 11.0. The van der Waals surface area contributed by atoms with Gasteiger partial charge in [0.2, 0.25) is 5.91 Å². The summed E-state index contributed by atoms with van der Waals surface area (Å²) in [6, 6.07) is 5.34. The smallest absolute Gasteiger partial charge is 0.292 e. The summed E-state index contributed by atoms with van der Waals surface area (Å²) >= 11 is 0. The normalized spacial score (nSPS) is 28.2. The molecule has 1 unspecified atom stereocenters. The molecular weight excluding hydrogens is 298 g/mol. The number of rotatable bonds is 3. The van der Waals surface area contributed by atoms with Crippen molar-refractivity contribution >= 4 is 23.5 Å². The minimum Gasteiger partial charge on any atom is -0.545 e. The Morgan fingerprint density at radius 2 is 1.74 bits per heavy atom. The third-order valence-electron chi connectivity index (χ3n) is 4.75. The molecule has 2 saturated heterocycles. The first-order valence-corrected chi connectivity index (χ1v) is 7.81. The van der Waals surface area contributed by atoms with Crippen LogP contribution in [-0.2, 0) is 9.59 Å². The lowest BCUT2D eigenvalue weighted by molar-refractivity contribution is -1.01. The van der Waals surface area contributed by atoms with Crippen LogP contribution in [0.5, 0.6) is 0 Å². The fraction of sp³-hybridized carbons (Fsp3) is 0.438. The van der Waals surface area contributed by atoms with Gasteiger partial charge in [-0.25, -0.2) is 4.90 Å². The van der Waals surface area contributed by atoms with Crippen molar-refractivity contribution in [3.63, 3.8) is 0 Å². The number of imide groups is 1. The molecule has 2 amide bonds. The molecule has 2 aliphatic heterocycles. The molecule has 7 nitrogen and oxygen atoms in total. The van der Waals surface area contributed by atoms with Gasteiger partial charge in [-0.1, -0.05) is 12.1 Å². The maximum atomic E-state index is 12.7. The van der Waals surface area contributed by atoms with Crippen LogP contribution < -0.4 is 19.8 Å². The number of nitrogens with one attached hydrogen (secondary N) is 2. The van der Waals surface area contributed by atoms with Gasteiger partial charge in [-0.15, -0.1) is 0 Å². The first kappa shape index (κ1) is 15.6. The van der Waals surface area contributed by atoms with Crippen LogP contribution in [0, 0.1) is 0 Å². The highest BCUT2D eigenvalue weighted by Crippen LogP contribution is 2.22. The van der Waals surface area contributed by atoms with Gasteiger partial charge < -0.3 is 19.7 Å². The maximum absolute atomic E-state index is 12.7. The fourth-order valence-electron chi connectivity index (χ4n) is 3.32. The summed E-state index contributed by atoms with van der Waals surface area (Å²) in [5.41, 5.74) is 0.448. The third kappa shape index (κ3) is 2.97. The summed E-state index contributed by atoms with van der Waals surface area (Å²) in [4.78, 5) is 39.5. The fourth-order valence-corrected chi connectivity index (χ4v) is 3.32. The van der Waals surface area contributed by atoms with Crippen LogP contribution in [0.2, 0.25) is 0 Å². The summed E-state index contributed by atoms with van der Waals surface area (Å²) < 4.78 is 0. The minimum atomic E-state index is -1.28. The zero-order valence-electron chi connectivity index (χ0n) is 13.0. The van der Waals surface area contributed by atoms with Gasteiger partial charge in [0, 0.05) is 0 Å². The van der Waals surface area contributed by atoms with E-state index in [0.717, 1.165) is 26.2 Å². The molecule has 0 radical (unpaired) electrons. The highest BCUT2D eigenvalue weighted by Gasteiger charge is 2.46. The summed E-state index contributed by atoms with van der Waals surface area (Å²) in [6.45, 7) is 3.75. The van der Waals surface area contributed by atoms with Crippen LogP contribution >= 0.6 is 0 Å². The van der Waals surface area contributed by atoms with E-state index in [-0.39, 0.29) is 29.8 Å². The topological polar surface area (TPSA) is 86.4 Å². The first-order valence-electron chi connectivity index (χ1n) is 7.81. The average molecular weight is 318 g/mol. The summed E-state index contributed by atoms with van der Waals surface area (Å²) in [7, 11) is 2.13. The number of aromatic carboxylic acids is 1. The van der Waals surface area contributed by atoms with Gasteiger partial charge in [0.25, 0.3) is 5.91 Å². The second-order valence-electron chi connectivity index (χ2n) is 6.27. The van der Waals surface area contributed by atoms with E-state index < -0.39 is 5.97 Å². The van der Waals surface area contributed by atoms with Crippen molar-refractivity contribution in [2.24, 2.45) is 0 Å². The van der Waals surface area contributed by atoms with Crippen molar-refractivity contribution < 1.29 is 29.3 Å². The van der Waals surface area contributed by atoms with Crippen molar-refractivity contribution in [3.05, 3.63) is 29.8 Å². The van der Waals surface area contributed by atoms with E-state index in [1.165, 1.54) is 39.0 Å². The molecule has 122 valence electrons. The second-order valence-corrected chi connectivity index (χ2v) is 6.27. The molecule has 1 atom stereocenters. The monoisotopic (exact) mass is 318 g/mol. The molecule has 0 bridgehead atoms. The van der Waals surface area contributed by atoms with Crippen LogP contribution in [0.25, 0.3) is 0 Å². The number of hydrogen-bond donors (Lipinski definition) is 2. The van der Waals surface area contributed by atoms with Crippen molar-refractivity contribution in [2.45, 2.75) is 12.5 Å². The SMILES string of the molecule is C[NH+]1CC[NH+](C2CC(=O)N(c3ccc(C(=O)[O-])cc3)C2=O)CC1. The van der Waals surface area contributed by atoms with Crippen LogP contribution in [0.3, 0.4) is 0 Å². The maximum Gasteiger partial charge on any atom is 0.292 e. The summed E-state index contributed by atoms with van der Waals surface area (Å²) in [5, 5.41) is 10.8. The Labute approximate surface area is 134 Å². The van der Waals surface area contributed by atoms with Crippen molar-refractivity contribution in [1.82, 2.24) is 0 Å². The lowest BCUT2D eigenvalue weighted by atomic mass is 10.2. The number of amides is 2. The van der Waals surface area contributed by atoms with Gasteiger partial charge in [0.1, 0.15) is 26.2 Å². The molecule has 7 heteroatoms. The molecule has 0 saturated carbocycles. The van der Waals surface area contributed by atoms with E-state index in [0.29, 0.717) is 5.69 Å². The van der Waals surface area contributed by atoms with Gasteiger partial charge in [-0.3, -0.25) is 9.59 Å². The molecule has 1 aromatic rings. The number of carboxylic acids is 1.